The van der Waals surface area contributed by atoms with Gasteiger partial charge in [0.15, 0.2) is 6.54 Å². The third kappa shape index (κ3) is 5.47. The number of carbonyl (C=O) groups excluding carboxylic acids is 1. The summed E-state index contributed by atoms with van der Waals surface area (Å²) in [4.78, 5) is 13.0. The molecule has 0 aliphatic rings. The summed E-state index contributed by atoms with van der Waals surface area (Å²) in [6.45, 7) is 1.12. The number of anilines is 1. The van der Waals surface area contributed by atoms with Crippen LogP contribution in [0.4, 0.5) is 5.69 Å². The van der Waals surface area contributed by atoms with Crippen molar-refractivity contribution in [3.05, 3.63) is 23.2 Å². The molecule has 1 atom stereocenters. The Morgan fingerprint density at radius 1 is 1.55 bits per heavy atom. The molecule has 2 N–H and O–H groups in total. The molecule has 0 aliphatic carbocycles. The molecular weight excluding hydrogens is 278 g/mol. The lowest BCUT2D eigenvalue weighted by Crippen LogP contribution is -3.10. The Kier molecular flexibility index (Phi) is 6.85. The summed E-state index contributed by atoms with van der Waals surface area (Å²) in [6.07, 6.45) is 1.30. The summed E-state index contributed by atoms with van der Waals surface area (Å²) in [5.74, 6) is 0.463. The summed E-state index contributed by atoms with van der Waals surface area (Å²) < 4.78 is 5.17. The van der Waals surface area contributed by atoms with E-state index in [9.17, 15) is 4.79 Å². The maximum atomic E-state index is 11.9. The third-order valence-corrected chi connectivity index (χ3v) is 3.03. The predicted octanol–water partition coefficient (Wildman–Crippen LogP) is 1.11. The van der Waals surface area contributed by atoms with E-state index in [4.69, 9.17) is 21.6 Å². The number of methoxy groups -OCH3 is 1. The van der Waals surface area contributed by atoms with Crippen molar-refractivity contribution >= 4 is 23.2 Å². The van der Waals surface area contributed by atoms with Gasteiger partial charge in [0.05, 0.1) is 32.5 Å². The number of unbranched alkanes of at least 4 members (excludes halogenated alkanes) is 1. The molecule has 20 heavy (non-hydrogen) atoms. The highest BCUT2D eigenvalue weighted by Gasteiger charge is 2.12. The van der Waals surface area contributed by atoms with Gasteiger partial charge in [-0.05, 0) is 18.2 Å². The average molecular weight is 297 g/mol. The number of likely N-dealkylation sites (N-methyl/N-ethyl adjacent to an activating group) is 1. The van der Waals surface area contributed by atoms with Crippen LogP contribution in [0, 0.1) is 11.3 Å². The number of hydrogen-bond acceptors (Lipinski definition) is 3. The smallest absolute Gasteiger partial charge is 0.279 e. The normalized spacial score (nSPS) is 11.5. The molecule has 0 aromatic heterocycles. The second-order valence-corrected chi connectivity index (χ2v) is 4.97. The molecule has 1 aromatic carbocycles. The molecule has 0 heterocycles. The lowest BCUT2D eigenvalue weighted by atomic mass is 10.3. The lowest BCUT2D eigenvalue weighted by Gasteiger charge is -2.14. The molecule has 108 valence electrons. The van der Waals surface area contributed by atoms with Gasteiger partial charge in [-0.25, -0.2) is 0 Å². The first-order valence-corrected chi connectivity index (χ1v) is 6.76. The molecule has 0 saturated carbocycles. The summed E-state index contributed by atoms with van der Waals surface area (Å²) >= 11 is 5.90. The minimum atomic E-state index is -0.111. The van der Waals surface area contributed by atoms with E-state index in [-0.39, 0.29) is 5.91 Å². The van der Waals surface area contributed by atoms with E-state index in [1.54, 1.807) is 18.2 Å². The lowest BCUT2D eigenvalue weighted by molar-refractivity contribution is -0.871. The topological polar surface area (TPSA) is 66.6 Å². The fourth-order valence-electron chi connectivity index (χ4n) is 1.80. The van der Waals surface area contributed by atoms with E-state index in [0.717, 1.165) is 17.9 Å². The maximum absolute atomic E-state index is 11.9. The molecule has 1 rings (SSSR count). The molecule has 0 bridgehead atoms. The summed E-state index contributed by atoms with van der Waals surface area (Å²) in [7, 11) is 3.46. The van der Waals surface area contributed by atoms with Gasteiger partial charge in [0.1, 0.15) is 5.75 Å². The van der Waals surface area contributed by atoms with E-state index in [1.807, 2.05) is 7.05 Å². The molecule has 1 amide bonds. The first kappa shape index (κ1) is 16.3. The molecule has 0 fully saturated rings. The average Bonchev–Trinajstić information content (AvgIpc) is 2.39. The number of nitrogens with one attached hydrogen (secondary N) is 2. The largest absolute Gasteiger partial charge is 0.495 e. The van der Waals surface area contributed by atoms with Gasteiger partial charge in [0, 0.05) is 17.9 Å². The zero-order valence-corrected chi connectivity index (χ0v) is 12.5. The predicted molar refractivity (Wildman–Crippen MR) is 78.1 cm³/mol. The van der Waals surface area contributed by atoms with E-state index >= 15 is 0 Å². The van der Waals surface area contributed by atoms with Gasteiger partial charge in [-0.15, -0.1) is 0 Å². The van der Waals surface area contributed by atoms with Crippen LogP contribution in [0.25, 0.3) is 0 Å². The Labute approximate surface area is 124 Å². The minimum Gasteiger partial charge on any atom is -0.495 e. The number of nitriles is 1. The van der Waals surface area contributed by atoms with Crippen LogP contribution in [0.3, 0.4) is 0 Å². The molecule has 0 radical (unpaired) electrons. The van der Waals surface area contributed by atoms with Crippen LogP contribution in [0.5, 0.6) is 5.75 Å². The standard InChI is InChI=1S/C14H18ClN3O2/c1-18(8-4-3-7-16)10-14(19)17-12-9-11(15)5-6-13(12)20-2/h5-6,9H,3-4,8,10H2,1-2H3,(H,17,19)/p+1. The number of benzene rings is 1. The van der Waals surface area contributed by atoms with Gasteiger partial charge in [0.2, 0.25) is 0 Å². The van der Waals surface area contributed by atoms with Crippen LogP contribution in [0.15, 0.2) is 18.2 Å². The number of hydrogen-bond donors (Lipinski definition) is 2. The van der Waals surface area contributed by atoms with Crippen molar-refractivity contribution in [1.29, 1.82) is 5.26 Å². The van der Waals surface area contributed by atoms with Crippen molar-refractivity contribution in [3.8, 4) is 11.8 Å². The SMILES string of the molecule is COc1ccc(Cl)cc1NC(=O)C[NH+](C)CCCC#N. The van der Waals surface area contributed by atoms with E-state index < -0.39 is 0 Å². The van der Waals surface area contributed by atoms with Crippen molar-refractivity contribution in [2.75, 3.05) is 32.6 Å². The highest BCUT2D eigenvalue weighted by molar-refractivity contribution is 6.31. The molecule has 0 saturated heterocycles. The Bertz CT molecular complexity index is 500. The molecule has 0 aliphatic heterocycles. The Balaban J connectivity index is 2.54. The van der Waals surface area contributed by atoms with Crippen molar-refractivity contribution < 1.29 is 14.4 Å². The Morgan fingerprint density at radius 3 is 2.95 bits per heavy atom. The van der Waals surface area contributed by atoms with Gasteiger partial charge < -0.3 is 15.0 Å². The van der Waals surface area contributed by atoms with Crippen LogP contribution >= 0.6 is 11.6 Å². The van der Waals surface area contributed by atoms with E-state index in [0.29, 0.717) is 29.4 Å². The van der Waals surface area contributed by atoms with Crippen molar-refractivity contribution in [3.63, 3.8) is 0 Å². The number of quaternary nitrogens is 1. The summed E-state index contributed by atoms with van der Waals surface area (Å²) in [5, 5.41) is 11.8. The third-order valence-electron chi connectivity index (χ3n) is 2.79. The van der Waals surface area contributed by atoms with Gasteiger partial charge in [-0.2, -0.15) is 5.26 Å². The van der Waals surface area contributed by atoms with Crippen LogP contribution in [0.2, 0.25) is 5.02 Å². The van der Waals surface area contributed by atoms with Crippen LogP contribution in [-0.2, 0) is 4.79 Å². The fourth-order valence-corrected chi connectivity index (χ4v) is 1.98. The van der Waals surface area contributed by atoms with Crippen LogP contribution in [0.1, 0.15) is 12.8 Å². The van der Waals surface area contributed by atoms with Crippen molar-refractivity contribution in [2.24, 2.45) is 0 Å². The first-order valence-electron chi connectivity index (χ1n) is 6.38. The number of halogens is 1. The molecule has 0 spiro atoms. The van der Waals surface area contributed by atoms with Crippen LogP contribution in [-0.4, -0.2) is 33.2 Å². The van der Waals surface area contributed by atoms with Gasteiger partial charge in [-0.3, -0.25) is 4.79 Å². The number of amides is 1. The zero-order chi connectivity index (χ0) is 15.0. The van der Waals surface area contributed by atoms with Gasteiger partial charge in [-0.1, -0.05) is 11.6 Å². The van der Waals surface area contributed by atoms with Gasteiger partial charge >= 0.3 is 0 Å². The summed E-state index contributed by atoms with van der Waals surface area (Å²) in [5.41, 5.74) is 0.565. The van der Waals surface area contributed by atoms with Crippen LogP contribution < -0.4 is 15.0 Å². The molecular formula is C14H19ClN3O2+. The Hall–Kier alpha value is -1.77. The highest BCUT2D eigenvalue weighted by atomic mass is 35.5. The minimum absolute atomic E-state index is 0.111. The van der Waals surface area contributed by atoms with Crippen molar-refractivity contribution in [1.82, 2.24) is 0 Å². The fraction of sp³-hybridized carbons (Fsp3) is 0.429. The van der Waals surface area contributed by atoms with Gasteiger partial charge in [0.25, 0.3) is 5.91 Å². The molecule has 6 heteroatoms. The maximum Gasteiger partial charge on any atom is 0.279 e. The number of ether oxygens (including phenoxy) is 1. The zero-order valence-electron chi connectivity index (χ0n) is 11.7. The second kappa shape index (κ2) is 8.41. The second-order valence-electron chi connectivity index (χ2n) is 4.54. The van der Waals surface area contributed by atoms with E-state index in [1.165, 1.54) is 7.11 Å². The molecule has 1 unspecified atom stereocenters. The summed E-state index contributed by atoms with van der Waals surface area (Å²) in [6, 6.07) is 7.16. The first-order chi connectivity index (χ1) is 9.56. The van der Waals surface area contributed by atoms with E-state index in [2.05, 4.69) is 11.4 Å². The number of carbonyl (C=O) groups is 1. The molecule has 1 aromatic rings. The number of rotatable bonds is 7. The quantitative estimate of drug-likeness (QED) is 0.741. The highest BCUT2D eigenvalue weighted by Crippen LogP contribution is 2.27. The monoisotopic (exact) mass is 296 g/mol. The Morgan fingerprint density at radius 2 is 2.30 bits per heavy atom. The van der Waals surface area contributed by atoms with Crippen molar-refractivity contribution in [2.45, 2.75) is 12.8 Å². The number of nitrogens with zero attached hydrogens (tertiary/aromatic N) is 1. The molecule has 5 nitrogen and oxygen atoms in total.